The Balaban J connectivity index is 3.86. The molecule has 0 heterocycles. The quantitative estimate of drug-likeness (QED) is 0.636. The van der Waals surface area contributed by atoms with Gasteiger partial charge in [-0.3, -0.25) is 0 Å². The lowest BCUT2D eigenvalue weighted by atomic mass is 9.88. The fraction of sp³-hybridized carbons (Fsp3) is 1.00. The molecule has 0 fully saturated rings. The fourth-order valence-electron chi connectivity index (χ4n) is 1.38. The van der Waals surface area contributed by atoms with Crippen LogP contribution in [-0.2, 0) is 0 Å². The van der Waals surface area contributed by atoms with Gasteiger partial charge < -0.3 is 10.8 Å². The maximum absolute atomic E-state index is 9.70. The first-order valence-corrected chi connectivity index (χ1v) is 4.55. The van der Waals surface area contributed by atoms with Gasteiger partial charge in [-0.1, -0.05) is 33.6 Å². The van der Waals surface area contributed by atoms with Crippen LogP contribution in [0.25, 0.3) is 0 Å². The van der Waals surface area contributed by atoms with Gasteiger partial charge in [0.15, 0.2) is 0 Å². The van der Waals surface area contributed by atoms with Gasteiger partial charge in [0.1, 0.15) is 0 Å². The molecule has 0 amide bonds. The Hall–Kier alpha value is -0.0800. The monoisotopic (exact) mass is 159 g/mol. The molecule has 0 rings (SSSR count). The van der Waals surface area contributed by atoms with E-state index in [1.165, 1.54) is 0 Å². The number of nitrogens with two attached hydrogens (primary N) is 1. The molecule has 0 bridgehead atoms. The average molecular weight is 159 g/mol. The van der Waals surface area contributed by atoms with Crippen LogP contribution < -0.4 is 5.73 Å². The first-order chi connectivity index (χ1) is 5.17. The predicted molar refractivity (Wildman–Crippen MR) is 48.3 cm³/mol. The molecule has 2 nitrogen and oxygen atoms in total. The van der Waals surface area contributed by atoms with Gasteiger partial charge in [-0.25, -0.2) is 0 Å². The van der Waals surface area contributed by atoms with Gasteiger partial charge in [0, 0.05) is 0 Å². The maximum Gasteiger partial charge on any atom is 0.0605 e. The highest BCUT2D eigenvalue weighted by molar-refractivity contribution is 4.72. The third-order valence-corrected chi connectivity index (χ3v) is 2.49. The van der Waals surface area contributed by atoms with E-state index in [9.17, 15) is 5.11 Å². The molecule has 0 saturated carbocycles. The van der Waals surface area contributed by atoms with Crippen LogP contribution in [0.1, 0.15) is 33.6 Å². The number of hydrogen-bond acceptors (Lipinski definition) is 2. The molecule has 0 radical (unpaired) electrons. The van der Waals surface area contributed by atoms with Crippen molar-refractivity contribution in [2.24, 2.45) is 17.6 Å². The fourth-order valence-corrected chi connectivity index (χ4v) is 1.38. The maximum atomic E-state index is 9.70. The van der Waals surface area contributed by atoms with Gasteiger partial charge >= 0.3 is 0 Å². The highest BCUT2D eigenvalue weighted by Gasteiger charge is 2.20. The third-order valence-electron chi connectivity index (χ3n) is 2.49. The predicted octanol–water partition coefficient (Wildman–Crippen LogP) is 1.38. The van der Waals surface area contributed by atoms with Crippen LogP contribution in [0.4, 0.5) is 0 Å². The molecule has 0 saturated heterocycles. The van der Waals surface area contributed by atoms with Crippen LogP contribution in [-0.4, -0.2) is 17.8 Å². The second-order valence-corrected chi connectivity index (χ2v) is 3.28. The van der Waals surface area contributed by atoms with Crippen LogP contribution in [0.2, 0.25) is 0 Å². The van der Waals surface area contributed by atoms with Crippen molar-refractivity contribution in [3.05, 3.63) is 0 Å². The van der Waals surface area contributed by atoms with E-state index < -0.39 is 0 Å². The molecule has 2 heteroatoms. The Morgan fingerprint density at radius 1 is 1.27 bits per heavy atom. The smallest absolute Gasteiger partial charge is 0.0605 e. The van der Waals surface area contributed by atoms with Gasteiger partial charge in [-0.2, -0.15) is 0 Å². The molecule has 0 aliphatic rings. The molecule has 2 atom stereocenters. The van der Waals surface area contributed by atoms with Crippen molar-refractivity contribution in [1.29, 1.82) is 0 Å². The summed E-state index contributed by atoms with van der Waals surface area (Å²) in [7, 11) is 0. The zero-order valence-electron chi connectivity index (χ0n) is 7.88. The summed E-state index contributed by atoms with van der Waals surface area (Å²) < 4.78 is 0. The van der Waals surface area contributed by atoms with E-state index in [0.29, 0.717) is 12.5 Å². The number of aliphatic hydroxyl groups excluding tert-OH is 1. The summed E-state index contributed by atoms with van der Waals surface area (Å²) in [6.45, 7) is 6.81. The van der Waals surface area contributed by atoms with E-state index in [4.69, 9.17) is 5.73 Å². The molecular formula is C9H21NO. The van der Waals surface area contributed by atoms with Crippen molar-refractivity contribution in [2.45, 2.75) is 39.7 Å². The molecule has 11 heavy (non-hydrogen) atoms. The lowest BCUT2D eigenvalue weighted by Crippen LogP contribution is -2.31. The largest absolute Gasteiger partial charge is 0.393 e. The molecule has 0 spiro atoms. The molecule has 0 aromatic carbocycles. The van der Waals surface area contributed by atoms with E-state index in [1.807, 2.05) is 6.92 Å². The van der Waals surface area contributed by atoms with Gasteiger partial charge in [-0.05, 0) is 18.4 Å². The average Bonchev–Trinajstić information content (AvgIpc) is 2.05. The summed E-state index contributed by atoms with van der Waals surface area (Å²) in [6.07, 6.45) is 1.87. The standard InChI is InChI=1S/C9H21NO/c1-4-8(5-2)9(11)7(3)6-10/h7-9,11H,4-6,10H2,1-3H3. The van der Waals surface area contributed by atoms with E-state index in [0.717, 1.165) is 12.8 Å². The molecule has 0 aromatic heterocycles. The summed E-state index contributed by atoms with van der Waals surface area (Å²) in [5.74, 6) is 0.661. The first-order valence-electron chi connectivity index (χ1n) is 4.55. The lowest BCUT2D eigenvalue weighted by Gasteiger charge is -2.24. The SMILES string of the molecule is CCC(CC)C(O)C(C)CN. The van der Waals surface area contributed by atoms with Crippen molar-refractivity contribution in [3.8, 4) is 0 Å². The number of rotatable bonds is 5. The van der Waals surface area contributed by atoms with Gasteiger partial charge in [0.05, 0.1) is 6.10 Å². The van der Waals surface area contributed by atoms with Crippen molar-refractivity contribution in [2.75, 3.05) is 6.54 Å². The topological polar surface area (TPSA) is 46.2 Å². The molecule has 2 unspecified atom stereocenters. The van der Waals surface area contributed by atoms with E-state index in [1.54, 1.807) is 0 Å². The highest BCUT2D eigenvalue weighted by atomic mass is 16.3. The van der Waals surface area contributed by atoms with E-state index in [2.05, 4.69) is 13.8 Å². The Morgan fingerprint density at radius 3 is 2.00 bits per heavy atom. The zero-order chi connectivity index (χ0) is 8.85. The van der Waals surface area contributed by atoms with E-state index in [-0.39, 0.29) is 12.0 Å². The molecule has 68 valence electrons. The van der Waals surface area contributed by atoms with Gasteiger partial charge in [-0.15, -0.1) is 0 Å². The summed E-state index contributed by atoms with van der Waals surface area (Å²) in [6, 6.07) is 0. The second kappa shape index (κ2) is 5.56. The van der Waals surface area contributed by atoms with Crippen molar-refractivity contribution < 1.29 is 5.11 Å². The minimum atomic E-state index is -0.213. The van der Waals surface area contributed by atoms with Gasteiger partial charge in [0.25, 0.3) is 0 Å². The molecular weight excluding hydrogens is 138 g/mol. The summed E-state index contributed by atoms with van der Waals surface area (Å²) in [4.78, 5) is 0. The number of hydrogen-bond donors (Lipinski definition) is 2. The summed E-state index contributed by atoms with van der Waals surface area (Å²) in [5, 5.41) is 9.70. The second-order valence-electron chi connectivity index (χ2n) is 3.28. The summed E-state index contributed by atoms with van der Waals surface area (Å²) >= 11 is 0. The Bertz CT molecular complexity index is 91.6. The van der Waals surface area contributed by atoms with Gasteiger partial charge in [0.2, 0.25) is 0 Å². The molecule has 3 N–H and O–H groups in total. The summed E-state index contributed by atoms with van der Waals surface area (Å²) in [5.41, 5.74) is 5.46. The highest BCUT2D eigenvalue weighted by Crippen LogP contribution is 2.18. The Labute approximate surface area is 69.8 Å². The van der Waals surface area contributed by atoms with Crippen molar-refractivity contribution in [3.63, 3.8) is 0 Å². The normalized spacial score (nSPS) is 16.9. The van der Waals surface area contributed by atoms with Crippen LogP contribution in [0.5, 0.6) is 0 Å². The molecule has 0 aliphatic heterocycles. The minimum Gasteiger partial charge on any atom is -0.393 e. The Kier molecular flexibility index (Phi) is 5.51. The van der Waals surface area contributed by atoms with Crippen LogP contribution >= 0.6 is 0 Å². The molecule has 0 aliphatic carbocycles. The lowest BCUT2D eigenvalue weighted by molar-refractivity contribution is 0.0568. The Morgan fingerprint density at radius 2 is 1.73 bits per heavy atom. The zero-order valence-corrected chi connectivity index (χ0v) is 7.88. The first kappa shape index (κ1) is 10.9. The van der Waals surface area contributed by atoms with Crippen molar-refractivity contribution in [1.82, 2.24) is 0 Å². The van der Waals surface area contributed by atoms with Crippen LogP contribution in [0.15, 0.2) is 0 Å². The van der Waals surface area contributed by atoms with E-state index >= 15 is 0 Å². The van der Waals surface area contributed by atoms with Crippen LogP contribution in [0.3, 0.4) is 0 Å². The van der Waals surface area contributed by atoms with Crippen LogP contribution in [0, 0.1) is 11.8 Å². The van der Waals surface area contributed by atoms with Crippen molar-refractivity contribution >= 4 is 0 Å². The number of aliphatic hydroxyl groups is 1. The third kappa shape index (κ3) is 3.21. The minimum absolute atomic E-state index is 0.213. The molecule has 0 aromatic rings.